The molecular formula is C26H38N2. The van der Waals surface area contributed by atoms with Gasteiger partial charge in [-0.05, 0) is 63.2 Å². The summed E-state index contributed by atoms with van der Waals surface area (Å²) in [6.07, 6.45) is 12.2. The standard InChI is InChI=1S/C17H25N.C9H13N/c1-4-10-16(11-5-1)17(12-6-2-7-13-17)18-14-8-3-9-15-18;1-8(10)7-9-5-3-2-4-6-9/h1,4-5,10-11H,2-3,6-9,12-15H2;2-6,8H,7,10H2,1H3. The summed E-state index contributed by atoms with van der Waals surface area (Å²) < 4.78 is 0. The van der Waals surface area contributed by atoms with Gasteiger partial charge in [-0.3, -0.25) is 4.90 Å². The normalized spacial score (nSPS) is 20.6. The van der Waals surface area contributed by atoms with Crippen LogP contribution in [0.5, 0.6) is 0 Å². The summed E-state index contributed by atoms with van der Waals surface area (Å²) in [5, 5.41) is 0. The molecule has 1 unspecified atom stereocenters. The van der Waals surface area contributed by atoms with Crippen LogP contribution in [0, 0.1) is 0 Å². The summed E-state index contributed by atoms with van der Waals surface area (Å²) in [7, 11) is 0. The van der Waals surface area contributed by atoms with E-state index in [1.807, 2.05) is 25.1 Å². The highest BCUT2D eigenvalue weighted by atomic mass is 15.2. The molecule has 1 aliphatic heterocycles. The van der Waals surface area contributed by atoms with E-state index in [2.05, 4.69) is 47.4 Å². The molecule has 2 aliphatic rings. The van der Waals surface area contributed by atoms with E-state index in [1.54, 1.807) is 5.56 Å². The van der Waals surface area contributed by atoms with Crippen molar-refractivity contribution in [2.45, 2.75) is 76.3 Å². The maximum atomic E-state index is 5.62. The second-order valence-electron chi connectivity index (χ2n) is 8.67. The van der Waals surface area contributed by atoms with Gasteiger partial charge in [0.15, 0.2) is 0 Å². The number of hydrogen-bond acceptors (Lipinski definition) is 2. The molecule has 0 aromatic heterocycles. The third-order valence-corrected chi connectivity index (χ3v) is 6.35. The van der Waals surface area contributed by atoms with Gasteiger partial charge in [0.05, 0.1) is 0 Å². The lowest BCUT2D eigenvalue weighted by Crippen LogP contribution is -2.49. The molecule has 1 atom stereocenters. The lowest BCUT2D eigenvalue weighted by atomic mass is 9.74. The monoisotopic (exact) mass is 378 g/mol. The Labute approximate surface area is 172 Å². The van der Waals surface area contributed by atoms with Crippen LogP contribution in [0.4, 0.5) is 0 Å². The van der Waals surface area contributed by atoms with Crippen LogP contribution >= 0.6 is 0 Å². The zero-order chi connectivity index (χ0) is 19.7. The molecule has 0 bridgehead atoms. The van der Waals surface area contributed by atoms with Crippen molar-refractivity contribution in [1.82, 2.24) is 4.90 Å². The van der Waals surface area contributed by atoms with Gasteiger partial charge in [0.1, 0.15) is 0 Å². The van der Waals surface area contributed by atoms with Crippen molar-refractivity contribution in [1.29, 1.82) is 0 Å². The summed E-state index contributed by atoms with van der Waals surface area (Å²) >= 11 is 0. The number of nitrogens with two attached hydrogens (primary N) is 1. The number of likely N-dealkylation sites (tertiary alicyclic amines) is 1. The first-order valence-electron chi connectivity index (χ1n) is 11.3. The van der Waals surface area contributed by atoms with Gasteiger partial charge in [-0.2, -0.15) is 0 Å². The molecular weight excluding hydrogens is 340 g/mol. The van der Waals surface area contributed by atoms with Crippen molar-refractivity contribution < 1.29 is 0 Å². The van der Waals surface area contributed by atoms with E-state index in [0.717, 1.165) is 6.42 Å². The molecule has 2 heteroatoms. The SMILES string of the molecule is CC(N)Cc1ccccc1.c1ccc(C2(N3CCCCC3)CCCCC2)cc1. The van der Waals surface area contributed by atoms with E-state index < -0.39 is 0 Å². The molecule has 2 nitrogen and oxygen atoms in total. The van der Waals surface area contributed by atoms with Crippen LogP contribution in [0.25, 0.3) is 0 Å². The maximum Gasteiger partial charge on any atom is 0.0460 e. The molecule has 2 aromatic rings. The highest BCUT2D eigenvalue weighted by Gasteiger charge is 2.39. The third-order valence-electron chi connectivity index (χ3n) is 6.35. The third kappa shape index (κ3) is 5.68. The number of benzene rings is 2. The van der Waals surface area contributed by atoms with Gasteiger partial charge in [0.25, 0.3) is 0 Å². The molecule has 2 N–H and O–H groups in total. The second kappa shape index (κ2) is 10.8. The van der Waals surface area contributed by atoms with Gasteiger partial charge in [-0.1, -0.05) is 86.3 Å². The van der Waals surface area contributed by atoms with Gasteiger partial charge in [0, 0.05) is 11.6 Å². The number of hydrogen-bond donors (Lipinski definition) is 1. The average Bonchev–Trinajstić information content (AvgIpc) is 2.76. The smallest absolute Gasteiger partial charge is 0.0460 e. The minimum Gasteiger partial charge on any atom is -0.328 e. The van der Waals surface area contributed by atoms with E-state index in [4.69, 9.17) is 5.73 Å². The Bertz CT molecular complexity index is 653. The predicted molar refractivity (Wildman–Crippen MR) is 120 cm³/mol. The van der Waals surface area contributed by atoms with Crippen molar-refractivity contribution in [2.75, 3.05) is 13.1 Å². The van der Waals surface area contributed by atoms with E-state index >= 15 is 0 Å². The lowest BCUT2D eigenvalue weighted by Gasteiger charge is -2.48. The molecule has 152 valence electrons. The van der Waals surface area contributed by atoms with Crippen LogP contribution in [0.15, 0.2) is 60.7 Å². The van der Waals surface area contributed by atoms with Crippen LogP contribution in [0.1, 0.15) is 69.4 Å². The van der Waals surface area contributed by atoms with E-state index in [-0.39, 0.29) is 6.04 Å². The Hall–Kier alpha value is -1.64. The Morgan fingerprint density at radius 3 is 1.89 bits per heavy atom. The molecule has 1 saturated heterocycles. The fourth-order valence-electron chi connectivity index (χ4n) is 4.98. The molecule has 0 amide bonds. The molecule has 0 radical (unpaired) electrons. The van der Waals surface area contributed by atoms with Gasteiger partial charge in [-0.15, -0.1) is 0 Å². The van der Waals surface area contributed by atoms with Crippen molar-refractivity contribution in [3.05, 3.63) is 71.8 Å². The summed E-state index contributed by atoms with van der Waals surface area (Å²) in [4.78, 5) is 2.81. The zero-order valence-electron chi connectivity index (χ0n) is 17.7. The summed E-state index contributed by atoms with van der Waals surface area (Å²) in [5.41, 5.74) is 8.89. The Morgan fingerprint density at radius 1 is 0.786 bits per heavy atom. The van der Waals surface area contributed by atoms with Crippen molar-refractivity contribution in [3.63, 3.8) is 0 Å². The average molecular weight is 379 g/mol. The Balaban J connectivity index is 0.000000192. The summed E-state index contributed by atoms with van der Waals surface area (Å²) in [5.74, 6) is 0. The maximum absolute atomic E-state index is 5.62. The minimum absolute atomic E-state index is 0.266. The van der Waals surface area contributed by atoms with Crippen molar-refractivity contribution in [2.24, 2.45) is 5.73 Å². The van der Waals surface area contributed by atoms with Gasteiger partial charge >= 0.3 is 0 Å². The number of piperidine rings is 1. The number of nitrogens with zero attached hydrogens (tertiary/aromatic N) is 1. The Kier molecular flexibility index (Phi) is 8.12. The van der Waals surface area contributed by atoms with Crippen molar-refractivity contribution in [3.8, 4) is 0 Å². The van der Waals surface area contributed by atoms with Crippen molar-refractivity contribution >= 4 is 0 Å². The fraction of sp³-hybridized carbons (Fsp3) is 0.538. The molecule has 1 heterocycles. The molecule has 0 spiro atoms. The van der Waals surface area contributed by atoms with Crippen LogP contribution in [0.3, 0.4) is 0 Å². The minimum atomic E-state index is 0.266. The summed E-state index contributed by atoms with van der Waals surface area (Å²) in [6, 6.07) is 21.9. The first kappa shape index (κ1) is 21.1. The first-order valence-corrected chi connectivity index (χ1v) is 11.3. The van der Waals surface area contributed by atoms with Gasteiger partial charge < -0.3 is 5.73 Å². The topological polar surface area (TPSA) is 29.3 Å². The van der Waals surface area contributed by atoms with E-state index in [1.165, 1.54) is 70.0 Å². The molecule has 28 heavy (non-hydrogen) atoms. The predicted octanol–water partition coefficient (Wildman–Crippen LogP) is 5.91. The molecule has 2 fully saturated rings. The van der Waals surface area contributed by atoms with Gasteiger partial charge in [-0.25, -0.2) is 0 Å². The van der Waals surface area contributed by atoms with E-state index in [0.29, 0.717) is 5.54 Å². The molecule has 1 saturated carbocycles. The molecule has 2 aromatic carbocycles. The van der Waals surface area contributed by atoms with Crippen LogP contribution in [0.2, 0.25) is 0 Å². The number of rotatable bonds is 4. The zero-order valence-corrected chi connectivity index (χ0v) is 17.7. The van der Waals surface area contributed by atoms with E-state index in [9.17, 15) is 0 Å². The lowest BCUT2D eigenvalue weighted by molar-refractivity contribution is 0.0303. The molecule has 1 aliphatic carbocycles. The largest absolute Gasteiger partial charge is 0.328 e. The Morgan fingerprint density at radius 2 is 1.32 bits per heavy atom. The fourth-order valence-corrected chi connectivity index (χ4v) is 4.98. The highest BCUT2D eigenvalue weighted by Crippen LogP contribution is 2.43. The van der Waals surface area contributed by atoms with Crippen LogP contribution < -0.4 is 5.73 Å². The highest BCUT2D eigenvalue weighted by molar-refractivity contribution is 5.25. The van der Waals surface area contributed by atoms with Gasteiger partial charge in [0.2, 0.25) is 0 Å². The molecule has 4 rings (SSSR count). The van der Waals surface area contributed by atoms with Crippen LogP contribution in [-0.2, 0) is 12.0 Å². The second-order valence-corrected chi connectivity index (χ2v) is 8.67. The summed E-state index contributed by atoms with van der Waals surface area (Å²) in [6.45, 7) is 4.65. The quantitative estimate of drug-likeness (QED) is 0.717. The van der Waals surface area contributed by atoms with Crippen LogP contribution in [-0.4, -0.2) is 24.0 Å². The first-order chi connectivity index (χ1) is 13.7.